The van der Waals surface area contributed by atoms with Crippen molar-refractivity contribution in [3.63, 3.8) is 0 Å². The van der Waals surface area contributed by atoms with Crippen LogP contribution < -0.4 is 5.32 Å². The van der Waals surface area contributed by atoms with Crippen LogP contribution in [-0.4, -0.2) is 4.92 Å². The number of hydrogen-bond donors (Lipinski definition) is 1. The van der Waals surface area contributed by atoms with E-state index < -0.39 is 44.9 Å². The fraction of sp³-hybridized carbons (Fsp3) is 0. The Bertz CT molecular complexity index is 1080. The first-order valence-corrected chi connectivity index (χ1v) is 7.21. The zero-order valence-corrected chi connectivity index (χ0v) is 13.9. The molecular formula is C15H3BrF3N5O2. The third-order valence-corrected chi connectivity index (χ3v) is 3.83. The van der Waals surface area contributed by atoms with Crippen molar-refractivity contribution in [2.75, 3.05) is 5.32 Å². The van der Waals surface area contributed by atoms with E-state index in [2.05, 4.69) is 21.2 Å². The number of hydrogen-bond acceptors (Lipinski definition) is 6. The second-order valence-electron chi connectivity index (χ2n) is 4.63. The topological polar surface area (TPSA) is 127 Å². The van der Waals surface area contributed by atoms with Gasteiger partial charge in [-0.05, 0) is 15.9 Å². The third kappa shape index (κ3) is 3.02. The van der Waals surface area contributed by atoms with Crippen molar-refractivity contribution in [2.24, 2.45) is 0 Å². The van der Waals surface area contributed by atoms with E-state index in [0.29, 0.717) is 0 Å². The second kappa shape index (κ2) is 7.09. The quantitative estimate of drug-likeness (QED) is 0.450. The predicted octanol–water partition coefficient (Wildman–Crippen LogP) is 4.13. The van der Waals surface area contributed by atoms with Crippen LogP contribution >= 0.6 is 15.9 Å². The van der Waals surface area contributed by atoms with E-state index in [0.717, 1.165) is 18.2 Å². The summed E-state index contributed by atoms with van der Waals surface area (Å²) in [5.41, 5.74) is -4.23. The molecule has 7 nitrogen and oxygen atoms in total. The van der Waals surface area contributed by atoms with Gasteiger partial charge in [0.25, 0.3) is 5.69 Å². The SMILES string of the molecule is N#Cc1cc([N+](=O)[O-])cc(Br)c1Nc1c(F)c(C#N)c(F)c(F)c1C#N. The molecule has 0 aliphatic heterocycles. The highest BCUT2D eigenvalue weighted by molar-refractivity contribution is 9.10. The Kier molecular flexibility index (Phi) is 5.11. The minimum atomic E-state index is -1.82. The molecule has 2 aromatic rings. The molecule has 11 heteroatoms. The normalized spacial score (nSPS) is 9.73. The number of non-ortho nitro benzene ring substituents is 1. The fourth-order valence-electron chi connectivity index (χ4n) is 2.02. The van der Waals surface area contributed by atoms with Crippen LogP contribution in [0.15, 0.2) is 16.6 Å². The van der Waals surface area contributed by atoms with Gasteiger partial charge in [-0.3, -0.25) is 10.1 Å². The smallest absolute Gasteiger partial charge is 0.272 e. The summed E-state index contributed by atoms with van der Waals surface area (Å²) in [6, 6.07) is 5.89. The summed E-state index contributed by atoms with van der Waals surface area (Å²) >= 11 is 2.95. The van der Waals surface area contributed by atoms with Crippen molar-refractivity contribution in [2.45, 2.75) is 0 Å². The average molecular weight is 422 g/mol. The van der Waals surface area contributed by atoms with Crippen molar-refractivity contribution in [1.29, 1.82) is 15.8 Å². The second-order valence-corrected chi connectivity index (χ2v) is 5.49. The lowest BCUT2D eigenvalue weighted by Crippen LogP contribution is -2.07. The molecule has 0 atom stereocenters. The van der Waals surface area contributed by atoms with Crippen LogP contribution in [0, 0.1) is 61.6 Å². The molecule has 0 saturated carbocycles. The first-order valence-electron chi connectivity index (χ1n) is 6.42. The van der Waals surface area contributed by atoms with Gasteiger partial charge in [0.05, 0.1) is 21.9 Å². The van der Waals surface area contributed by atoms with Crippen molar-refractivity contribution in [3.05, 3.63) is 60.9 Å². The van der Waals surface area contributed by atoms with Gasteiger partial charge in [-0.25, -0.2) is 13.2 Å². The van der Waals surface area contributed by atoms with E-state index in [1.54, 1.807) is 6.07 Å². The van der Waals surface area contributed by atoms with Gasteiger partial charge >= 0.3 is 0 Å². The largest absolute Gasteiger partial charge is 0.350 e. The Balaban J connectivity index is 2.77. The molecule has 0 amide bonds. The molecule has 0 aromatic heterocycles. The predicted molar refractivity (Wildman–Crippen MR) is 84.5 cm³/mol. The van der Waals surface area contributed by atoms with E-state index in [9.17, 15) is 23.3 Å². The summed E-state index contributed by atoms with van der Waals surface area (Å²) in [7, 11) is 0. The Morgan fingerprint density at radius 2 is 1.54 bits per heavy atom. The van der Waals surface area contributed by atoms with Crippen molar-refractivity contribution < 1.29 is 18.1 Å². The summed E-state index contributed by atoms with van der Waals surface area (Å²) in [5.74, 6) is -5.11. The van der Waals surface area contributed by atoms with E-state index >= 15 is 0 Å². The van der Waals surface area contributed by atoms with Crippen LogP contribution in [0.4, 0.5) is 30.2 Å². The molecule has 0 saturated heterocycles. The molecule has 128 valence electrons. The molecule has 1 N–H and O–H groups in total. The number of nitrogens with zero attached hydrogens (tertiary/aromatic N) is 4. The molecule has 26 heavy (non-hydrogen) atoms. The molecule has 0 heterocycles. The van der Waals surface area contributed by atoms with E-state index in [1.807, 2.05) is 0 Å². The minimum absolute atomic E-state index is 0.0743. The summed E-state index contributed by atoms with van der Waals surface area (Å²) in [6.45, 7) is 0. The number of nitrogens with one attached hydrogen (secondary N) is 1. The number of halogens is 4. The Hall–Kier alpha value is -3.62. The molecule has 0 spiro atoms. The average Bonchev–Trinajstić information content (AvgIpc) is 2.61. The van der Waals surface area contributed by atoms with Crippen molar-refractivity contribution in [1.82, 2.24) is 0 Å². The van der Waals surface area contributed by atoms with Crippen molar-refractivity contribution in [3.8, 4) is 18.2 Å². The number of anilines is 2. The van der Waals surface area contributed by atoms with Gasteiger partial charge in [0.2, 0.25) is 0 Å². The van der Waals surface area contributed by atoms with Crippen LogP contribution in [0.2, 0.25) is 0 Å². The van der Waals surface area contributed by atoms with Crippen molar-refractivity contribution >= 4 is 33.0 Å². The highest BCUT2D eigenvalue weighted by Gasteiger charge is 2.27. The molecule has 2 aromatic carbocycles. The van der Waals surface area contributed by atoms with Crippen LogP contribution in [0.5, 0.6) is 0 Å². The lowest BCUT2D eigenvalue weighted by Gasteiger charge is -2.14. The van der Waals surface area contributed by atoms with E-state index in [-0.39, 0.29) is 15.7 Å². The Morgan fingerprint density at radius 1 is 0.962 bits per heavy atom. The van der Waals surface area contributed by atoms with E-state index in [4.69, 9.17) is 15.8 Å². The maximum absolute atomic E-state index is 14.4. The maximum atomic E-state index is 14.4. The molecule has 0 aliphatic rings. The lowest BCUT2D eigenvalue weighted by atomic mass is 10.1. The highest BCUT2D eigenvalue weighted by atomic mass is 79.9. The molecule has 0 radical (unpaired) electrons. The van der Waals surface area contributed by atoms with Gasteiger partial charge in [0, 0.05) is 16.6 Å². The van der Waals surface area contributed by atoms with Gasteiger partial charge in [-0.15, -0.1) is 0 Å². The lowest BCUT2D eigenvalue weighted by molar-refractivity contribution is -0.384. The van der Waals surface area contributed by atoms with Crippen LogP contribution in [0.1, 0.15) is 16.7 Å². The number of rotatable bonds is 3. The molecule has 0 unspecified atom stereocenters. The number of nitriles is 3. The van der Waals surface area contributed by atoms with Gasteiger partial charge in [-0.1, -0.05) is 0 Å². The number of nitro benzene ring substituents is 1. The van der Waals surface area contributed by atoms with Gasteiger partial charge < -0.3 is 5.32 Å². The molecule has 0 aliphatic carbocycles. The maximum Gasteiger partial charge on any atom is 0.272 e. The summed E-state index contributed by atoms with van der Waals surface area (Å²) in [5, 5.41) is 40.0. The third-order valence-electron chi connectivity index (χ3n) is 3.20. The first kappa shape index (κ1) is 18.7. The molecular weight excluding hydrogens is 419 g/mol. The molecule has 0 fully saturated rings. The minimum Gasteiger partial charge on any atom is -0.350 e. The van der Waals surface area contributed by atoms with E-state index in [1.165, 1.54) is 6.07 Å². The zero-order valence-electron chi connectivity index (χ0n) is 12.3. The molecule has 0 bridgehead atoms. The monoisotopic (exact) mass is 421 g/mol. The van der Waals surface area contributed by atoms with Crippen LogP contribution in [0.25, 0.3) is 0 Å². The number of benzene rings is 2. The van der Waals surface area contributed by atoms with Gasteiger partial charge in [-0.2, -0.15) is 15.8 Å². The summed E-state index contributed by atoms with van der Waals surface area (Å²) in [4.78, 5) is 10.1. The summed E-state index contributed by atoms with van der Waals surface area (Å²) in [6.07, 6.45) is 0. The van der Waals surface area contributed by atoms with Gasteiger partial charge in [0.15, 0.2) is 17.5 Å². The molecule has 2 rings (SSSR count). The fourth-order valence-corrected chi connectivity index (χ4v) is 2.57. The Labute approximate surface area is 151 Å². The first-order chi connectivity index (χ1) is 12.3. The highest BCUT2D eigenvalue weighted by Crippen LogP contribution is 2.37. The standard InChI is InChI=1S/C15H3BrF3N5O2/c16-10-2-7(24(25)26)1-6(3-20)14(10)23-15-9(5-22)12(18)11(17)8(4-21)13(15)19/h1-2,23H. The van der Waals surface area contributed by atoms with Crippen LogP contribution in [-0.2, 0) is 0 Å². The number of nitro groups is 1. The zero-order chi connectivity index (χ0) is 19.6. The van der Waals surface area contributed by atoms with Crippen LogP contribution in [0.3, 0.4) is 0 Å². The van der Waals surface area contributed by atoms with Gasteiger partial charge in [0.1, 0.15) is 29.3 Å². The summed E-state index contributed by atoms with van der Waals surface area (Å²) < 4.78 is 41.9. The Morgan fingerprint density at radius 3 is 2.04 bits per heavy atom.